The Labute approximate surface area is 139 Å². The Morgan fingerprint density at radius 1 is 1.08 bits per heavy atom. The second-order valence-corrected chi connectivity index (χ2v) is 5.31. The molecular formula is C18H20O6. The van der Waals surface area contributed by atoms with Crippen LogP contribution >= 0.6 is 0 Å². The molecule has 0 aliphatic carbocycles. The lowest BCUT2D eigenvalue weighted by Crippen LogP contribution is -2.17. The molecule has 24 heavy (non-hydrogen) atoms. The van der Waals surface area contributed by atoms with Crippen molar-refractivity contribution in [2.75, 3.05) is 26.9 Å². The van der Waals surface area contributed by atoms with E-state index in [9.17, 15) is 9.59 Å². The van der Waals surface area contributed by atoms with Crippen molar-refractivity contribution in [1.82, 2.24) is 0 Å². The average molecular weight is 332 g/mol. The summed E-state index contributed by atoms with van der Waals surface area (Å²) in [6.07, 6.45) is 0. The maximum Gasteiger partial charge on any atom is 0.329 e. The van der Waals surface area contributed by atoms with E-state index in [-0.39, 0.29) is 19.2 Å². The zero-order chi connectivity index (χ0) is 17.5. The molecule has 1 N–H and O–H groups in total. The van der Waals surface area contributed by atoms with Crippen molar-refractivity contribution >= 4 is 22.7 Å². The zero-order valence-corrected chi connectivity index (χ0v) is 13.7. The maximum absolute atomic E-state index is 12.1. The van der Waals surface area contributed by atoms with Crippen molar-refractivity contribution in [3.05, 3.63) is 42.0 Å². The Morgan fingerprint density at radius 2 is 1.79 bits per heavy atom. The minimum Gasteiger partial charge on any atom is -0.497 e. The molecule has 1 unspecified atom stereocenters. The van der Waals surface area contributed by atoms with E-state index in [0.717, 1.165) is 22.1 Å². The van der Waals surface area contributed by atoms with Gasteiger partial charge in [0.2, 0.25) is 0 Å². The van der Waals surface area contributed by atoms with Gasteiger partial charge in [-0.05, 0) is 35.4 Å². The SMILES string of the molecule is COc1ccc2cc(C(C)C(=O)OCCOCC(=O)O)ccc2c1. The van der Waals surface area contributed by atoms with Crippen LogP contribution in [0.4, 0.5) is 0 Å². The highest BCUT2D eigenvalue weighted by atomic mass is 16.6. The molecule has 2 aromatic carbocycles. The first-order chi connectivity index (χ1) is 11.5. The van der Waals surface area contributed by atoms with Gasteiger partial charge in [0.15, 0.2) is 0 Å². The van der Waals surface area contributed by atoms with Crippen LogP contribution in [-0.4, -0.2) is 44.0 Å². The molecule has 0 aromatic heterocycles. The molecule has 0 saturated carbocycles. The maximum atomic E-state index is 12.1. The highest BCUT2D eigenvalue weighted by Gasteiger charge is 2.17. The summed E-state index contributed by atoms with van der Waals surface area (Å²) in [5.74, 6) is -1.07. The normalized spacial score (nSPS) is 11.9. The van der Waals surface area contributed by atoms with Crippen molar-refractivity contribution in [2.24, 2.45) is 0 Å². The average Bonchev–Trinajstić information content (AvgIpc) is 2.59. The Hall–Kier alpha value is -2.60. The minimum atomic E-state index is -1.05. The van der Waals surface area contributed by atoms with Crippen LogP contribution in [0.15, 0.2) is 36.4 Å². The third-order valence-corrected chi connectivity index (χ3v) is 3.62. The summed E-state index contributed by atoms with van der Waals surface area (Å²) in [6.45, 7) is 1.45. The Kier molecular flexibility index (Phi) is 6.14. The molecule has 0 heterocycles. The van der Waals surface area contributed by atoms with Gasteiger partial charge in [-0.2, -0.15) is 0 Å². The van der Waals surface area contributed by atoms with E-state index in [2.05, 4.69) is 0 Å². The fourth-order valence-electron chi connectivity index (χ4n) is 2.26. The van der Waals surface area contributed by atoms with E-state index in [0.29, 0.717) is 0 Å². The van der Waals surface area contributed by atoms with Crippen molar-refractivity contribution in [1.29, 1.82) is 0 Å². The van der Waals surface area contributed by atoms with Gasteiger partial charge in [0.25, 0.3) is 0 Å². The minimum absolute atomic E-state index is 0.0290. The van der Waals surface area contributed by atoms with Crippen molar-refractivity contribution in [2.45, 2.75) is 12.8 Å². The first-order valence-corrected chi connectivity index (χ1v) is 7.55. The van der Waals surface area contributed by atoms with Crippen molar-refractivity contribution in [3.8, 4) is 5.75 Å². The number of aliphatic carboxylic acids is 1. The summed E-state index contributed by atoms with van der Waals surface area (Å²) in [5, 5.41) is 10.5. The molecule has 0 radical (unpaired) electrons. The lowest BCUT2D eigenvalue weighted by atomic mass is 9.98. The molecule has 0 spiro atoms. The summed E-state index contributed by atoms with van der Waals surface area (Å²) in [6, 6.07) is 11.5. The predicted octanol–water partition coefficient (Wildman–Crippen LogP) is 2.60. The number of esters is 1. The number of methoxy groups -OCH3 is 1. The van der Waals surface area contributed by atoms with Gasteiger partial charge >= 0.3 is 11.9 Å². The van der Waals surface area contributed by atoms with Crippen molar-refractivity contribution < 1.29 is 28.9 Å². The number of carbonyl (C=O) groups excluding carboxylic acids is 1. The van der Waals surface area contributed by atoms with Gasteiger partial charge in [0.1, 0.15) is 19.0 Å². The smallest absolute Gasteiger partial charge is 0.329 e. The van der Waals surface area contributed by atoms with E-state index < -0.39 is 18.5 Å². The first kappa shape index (κ1) is 17.7. The number of carboxylic acid groups (broad SMARTS) is 1. The number of hydrogen-bond acceptors (Lipinski definition) is 5. The standard InChI is InChI=1S/C18H20O6/c1-12(18(21)24-8-7-23-11-17(19)20)13-3-4-15-10-16(22-2)6-5-14(15)9-13/h3-6,9-10,12H,7-8,11H2,1-2H3,(H,19,20). The molecule has 0 aliphatic rings. The van der Waals surface area contributed by atoms with Crippen LogP contribution < -0.4 is 4.74 Å². The highest BCUT2D eigenvalue weighted by molar-refractivity contribution is 5.86. The van der Waals surface area contributed by atoms with Gasteiger partial charge in [-0.15, -0.1) is 0 Å². The molecule has 0 saturated heterocycles. The molecule has 0 amide bonds. The Bertz CT molecular complexity index is 725. The summed E-state index contributed by atoms with van der Waals surface area (Å²) in [5.41, 5.74) is 0.851. The summed E-state index contributed by atoms with van der Waals surface area (Å²) in [7, 11) is 1.62. The molecule has 0 bridgehead atoms. The third-order valence-electron chi connectivity index (χ3n) is 3.62. The Morgan fingerprint density at radius 3 is 2.50 bits per heavy atom. The second kappa shape index (κ2) is 8.31. The fraction of sp³-hybridized carbons (Fsp3) is 0.333. The predicted molar refractivity (Wildman–Crippen MR) is 88.3 cm³/mol. The van der Waals surface area contributed by atoms with Crippen LogP contribution in [0.5, 0.6) is 5.75 Å². The van der Waals surface area contributed by atoms with Gasteiger partial charge in [-0.25, -0.2) is 4.79 Å². The molecular weight excluding hydrogens is 312 g/mol. The molecule has 0 aliphatic heterocycles. The summed E-state index contributed by atoms with van der Waals surface area (Å²) >= 11 is 0. The molecule has 2 aromatic rings. The second-order valence-electron chi connectivity index (χ2n) is 5.31. The summed E-state index contributed by atoms with van der Waals surface area (Å²) < 4.78 is 15.1. The molecule has 1 atom stereocenters. The van der Waals surface area contributed by atoms with Gasteiger partial charge in [-0.3, -0.25) is 4.79 Å². The zero-order valence-electron chi connectivity index (χ0n) is 13.7. The lowest BCUT2D eigenvalue weighted by molar-refractivity contribution is -0.148. The fourth-order valence-corrected chi connectivity index (χ4v) is 2.26. The van der Waals surface area contributed by atoms with Crippen LogP contribution in [-0.2, 0) is 19.1 Å². The van der Waals surface area contributed by atoms with E-state index in [1.54, 1.807) is 14.0 Å². The van der Waals surface area contributed by atoms with E-state index in [4.69, 9.17) is 19.3 Å². The number of carboxylic acids is 1. The topological polar surface area (TPSA) is 82.1 Å². The highest BCUT2D eigenvalue weighted by Crippen LogP contribution is 2.25. The van der Waals surface area contributed by atoms with E-state index in [1.807, 2.05) is 36.4 Å². The lowest BCUT2D eigenvalue weighted by Gasteiger charge is -2.13. The number of rotatable bonds is 8. The summed E-state index contributed by atoms with van der Waals surface area (Å²) in [4.78, 5) is 22.4. The third kappa shape index (κ3) is 4.70. The quantitative estimate of drug-likeness (QED) is 0.591. The molecule has 2 rings (SSSR count). The van der Waals surface area contributed by atoms with Gasteiger partial charge < -0.3 is 19.3 Å². The van der Waals surface area contributed by atoms with Crippen molar-refractivity contribution in [3.63, 3.8) is 0 Å². The Balaban J connectivity index is 1.95. The molecule has 128 valence electrons. The van der Waals surface area contributed by atoms with Crippen LogP contribution in [0.2, 0.25) is 0 Å². The monoisotopic (exact) mass is 332 g/mol. The van der Waals surface area contributed by atoms with Crippen LogP contribution in [0.25, 0.3) is 10.8 Å². The van der Waals surface area contributed by atoms with E-state index >= 15 is 0 Å². The number of benzene rings is 2. The molecule has 6 nitrogen and oxygen atoms in total. The van der Waals surface area contributed by atoms with Gasteiger partial charge in [-0.1, -0.05) is 24.3 Å². The molecule has 6 heteroatoms. The first-order valence-electron chi connectivity index (χ1n) is 7.55. The van der Waals surface area contributed by atoms with Crippen LogP contribution in [0.1, 0.15) is 18.4 Å². The van der Waals surface area contributed by atoms with E-state index in [1.165, 1.54) is 0 Å². The van der Waals surface area contributed by atoms with Gasteiger partial charge in [0, 0.05) is 0 Å². The molecule has 0 fully saturated rings. The number of carbonyl (C=O) groups is 2. The van der Waals surface area contributed by atoms with Crippen LogP contribution in [0, 0.1) is 0 Å². The van der Waals surface area contributed by atoms with Gasteiger partial charge in [0.05, 0.1) is 19.6 Å². The number of hydrogen-bond donors (Lipinski definition) is 1. The number of fused-ring (bicyclic) bond motifs is 1. The number of ether oxygens (including phenoxy) is 3. The van der Waals surface area contributed by atoms with Crippen LogP contribution in [0.3, 0.4) is 0 Å². The largest absolute Gasteiger partial charge is 0.497 e.